The molecule has 0 spiro atoms. The van der Waals surface area contributed by atoms with Crippen LogP contribution in [0.5, 0.6) is 0 Å². The van der Waals surface area contributed by atoms with Crippen molar-refractivity contribution in [1.29, 1.82) is 0 Å². The molecule has 0 rings (SSSR count). The van der Waals surface area contributed by atoms with Crippen LogP contribution in [0.15, 0.2) is 0 Å². The monoisotopic (exact) mass is 196 g/mol. The highest BCUT2D eigenvalue weighted by molar-refractivity contribution is 5.77. The van der Waals surface area contributed by atoms with Gasteiger partial charge in [-0.2, -0.15) is 0 Å². The summed E-state index contributed by atoms with van der Waals surface area (Å²) in [4.78, 5) is 15.1. The Bertz CT molecular complexity index is 206. The van der Waals surface area contributed by atoms with Crippen molar-refractivity contribution in [1.82, 2.24) is 9.80 Å². The van der Waals surface area contributed by atoms with E-state index in [0.717, 1.165) is 25.9 Å². The third-order valence-electron chi connectivity index (χ3n) is 2.10. The number of carbonyl (C=O) groups excluding carboxylic acids is 1. The average molecular weight is 196 g/mol. The van der Waals surface area contributed by atoms with E-state index in [2.05, 4.69) is 17.7 Å². The maximum Gasteiger partial charge on any atom is 0.236 e. The van der Waals surface area contributed by atoms with Crippen molar-refractivity contribution < 1.29 is 4.79 Å². The molecule has 0 N–H and O–H groups in total. The van der Waals surface area contributed by atoms with Gasteiger partial charge in [-0.25, -0.2) is 0 Å². The van der Waals surface area contributed by atoms with Gasteiger partial charge in [0, 0.05) is 20.5 Å². The second-order valence-electron chi connectivity index (χ2n) is 3.46. The Morgan fingerprint density at radius 3 is 2.50 bits per heavy atom. The predicted molar refractivity (Wildman–Crippen MR) is 58.9 cm³/mol. The maximum absolute atomic E-state index is 11.4. The molecule has 0 saturated carbocycles. The van der Waals surface area contributed by atoms with E-state index in [-0.39, 0.29) is 5.91 Å². The number of rotatable bonds is 6. The summed E-state index contributed by atoms with van der Waals surface area (Å²) in [7, 11) is 3.55. The van der Waals surface area contributed by atoms with Gasteiger partial charge >= 0.3 is 0 Å². The third-order valence-corrected chi connectivity index (χ3v) is 2.10. The van der Waals surface area contributed by atoms with Crippen LogP contribution in [0.2, 0.25) is 0 Å². The first-order valence-corrected chi connectivity index (χ1v) is 4.97. The highest BCUT2D eigenvalue weighted by Gasteiger charge is 2.09. The standard InChI is InChI=1S/C11H20N2O/c1-5-7-8-9-13(6-2)10-11(14)12(3)4/h1H,6-10H2,2-4H3. The molecule has 14 heavy (non-hydrogen) atoms. The van der Waals surface area contributed by atoms with Crippen LogP contribution in [-0.2, 0) is 4.79 Å². The Morgan fingerprint density at radius 1 is 1.43 bits per heavy atom. The number of hydrogen-bond acceptors (Lipinski definition) is 2. The van der Waals surface area contributed by atoms with E-state index in [9.17, 15) is 4.79 Å². The Labute approximate surface area is 87.1 Å². The van der Waals surface area contributed by atoms with E-state index >= 15 is 0 Å². The molecular weight excluding hydrogens is 176 g/mol. The smallest absolute Gasteiger partial charge is 0.236 e. The lowest BCUT2D eigenvalue weighted by atomic mass is 10.3. The van der Waals surface area contributed by atoms with Crippen LogP contribution in [-0.4, -0.2) is 49.4 Å². The second kappa shape index (κ2) is 7.40. The van der Waals surface area contributed by atoms with Crippen molar-refractivity contribution in [3.05, 3.63) is 0 Å². The summed E-state index contributed by atoms with van der Waals surface area (Å²) in [5, 5.41) is 0. The van der Waals surface area contributed by atoms with E-state index in [0.29, 0.717) is 6.54 Å². The van der Waals surface area contributed by atoms with Crippen molar-refractivity contribution in [2.45, 2.75) is 19.8 Å². The minimum Gasteiger partial charge on any atom is -0.348 e. The number of likely N-dealkylation sites (N-methyl/N-ethyl adjacent to an activating group) is 2. The lowest BCUT2D eigenvalue weighted by Gasteiger charge is -2.21. The van der Waals surface area contributed by atoms with Crippen molar-refractivity contribution >= 4 is 5.91 Å². The molecule has 1 amide bonds. The van der Waals surface area contributed by atoms with Gasteiger partial charge < -0.3 is 4.90 Å². The first-order chi connectivity index (χ1) is 6.61. The Morgan fingerprint density at radius 2 is 2.07 bits per heavy atom. The molecular formula is C11H20N2O. The Kier molecular flexibility index (Phi) is 6.87. The highest BCUT2D eigenvalue weighted by atomic mass is 16.2. The van der Waals surface area contributed by atoms with Gasteiger partial charge in [0.1, 0.15) is 0 Å². The van der Waals surface area contributed by atoms with Crippen LogP contribution in [0.4, 0.5) is 0 Å². The van der Waals surface area contributed by atoms with Crippen molar-refractivity contribution in [2.24, 2.45) is 0 Å². The molecule has 0 aliphatic carbocycles. The molecule has 3 heteroatoms. The maximum atomic E-state index is 11.4. The van der Waals surface area contributed by atoms with Crippen LogP contribution in [0.25, 0.3) is 0 Å². The molecule has 0 bridgehead atoms. The average Bonchev–Trinajstić information content (AvgIpc) is 2.16. The fraction of sp³-hybridized carbons (Fsp3) is 0.727. The summed E-state index contributed by atoms with van der Waals surface area (Å²) in [6.45, 7) is 4.34. The number of nitrogens with zero attached hydrogens (tertiary/aromatic N) is 2. The lowest BCUT2D eigenvalue weighted by Crippen LogP contribution is -2.37. The van der Waals surface area contributed by atoms with E-state index in [1.54, 1.807) is 19.0 Å². The molecule has 0 atom stereocenters. The minimum atomic E-state index is 0.146. The van der Waals surface area contributed by atoms with Gasteiger partial charge in [-0.3, -0.25) is 9.69 Å². The number of hydrogen-bond donors (Lipinski definition) is 0. The van der Waals surface area contributed by atoms with Crippen LogP contribution in [0, 0.1) is 12.3 Å². The van der Waals surface area contributed by atoms with Gasteiger partial charge in [-0.15, -0.1) is 12.3 Å². The fourth-order valence-corrected chi connectivity index (χ4v) is 1.09. The molecule has 0 unspecified atom stereocenters. The SMILES string of the molecule is C#CCCCN(CC)CC(=O)N(C)C. The van der Waals surface area contributed by atoms with E-state index in [1.807, 2.05) is 0 Å². The van der Waals surface area contributed by atoms with Crippen molar-refractivity contribution in [2.75, 3.05) is 33.7 Å². The summed E-state index contributed by atoms with van der Waals surface area (Å²) >= 11 is 0. The van der Waals surface area contributed by atoms with E-state index < -0.39 is 0 Å². The van der Waals surface area contributed by atoms with Crippen molar-refractivity contribution in [3.63, 3.8) is 0 Å². The quantitative estimate of drug-likeness (QED) is 0.463. The zero-order valence-electron chi connectivity index (χ0n) is 9.42. The summed E-state index contributed by atoms with van der Waals surface area (Å²) in [6, 6.07) is 0. The third kappa shape index (κ3) is 5.60. The predicted octanol–water partition coefficient (Wildman–Crippen LogP) is 0.810. The van der Waals surface area contributed by atoms with Crippen LogP contribution in [0.3, 0.4) is 0 Å². The van der Waals surface area contributed by atoms with Gasteiger partial charge in [-0.05, 0) is 19.5 Å². The summed E-state index contributed by atoms with van der Waals surface area (Å²) in [5.41, 5.74) is 0. The molecule has 0 heterocycles. The van der Waals surface area contributed by atoms with Crippen LogP contribution < -0.4 is 0 Å². The van der Waals surface area contributed by atoms with E-state index in [4.69, 9.17) is 6.42 Å². The lowest BCUT2D eigenvalue weighted by molar-refractivity contribution is -0.129. The highest BCUT2D eigenvalue weighted by Crippen LogP contribution is 1.95. The first kappa shape index (κ1) is 13.0. The Balaban J connectivity index is 3.79. The molecule has 0 aromatic rings. The van der Waals surface area contributed by atoms with Crippen LogP contribution >= 0.6 is 0 Å². The molecule has 0 saturated heterocycles. The molecule has 0 aromatic carbocycles. The van der Waals surface area contributed by atoms with E-state index in [1.165, 1.54) is 0 Å². The number of terminal acetylenes is 1. The van der Waals surface area contributed by atoms with Crippen molar-refractivity contribution in [3.8, 4) is 12.3 Å². The second-order valence-corrected chi connectivity index (χ2v) is 3.46. The van der Waals surface area contributed by atoms with Gasteiger partial charge in [0.25, 0.3) is 0 Å². The van der Waals surface area contributed by atoms with Gasteiger partial charge in [0.05, 0.1) is 6.54 Å². The number of carbonyl (C=O) groups is 1. The zero-order chi connectivity index (χ0) is 11.0. The fourth-order valence-electron chi connectivity index (χ4n) is 1.09. The minimum absolute atomic E-state index is 0.146. The Hall–Kier alpha value is -1.01. The summed E-state index contributed by atoms with van der Waals surface area (Å²) in [5.74, 6) is 2.75. The largest absolute Gasteiger partial charge is 0.348 e. The normalized spacial score (nSPS) is 9.93. The molecule has 80 valence electrons. The molecule has 3 nitrogen and oxygen atoms in total. The van der Waals surface area contributed by atoms with Gasteiger partial charge in [0.15, 0.2) is 0 Å². The molecule has 0 aromatic heterocycles. The van der Waals surface area contributed by atoms with Crippen LogP contribution in [0.1, 0.15) is 19.8 Å². The molecule has 0 fully saturated rings. The van der Waals surface area contributed by atoms with Gasteiger partial charge in [0.2, 0.25) is 5.91 Å². The molecule has 0 aliphatic heterocycles. The summed E-state index contributed by atoms with van der Waals surface area (Å²) < 4.78 is 0. The summed E-state index contributed by atoms with van der Waals surface area (Å²) in [6.07, 6.45) is 6.91. The number of unbranched alkanes of at least 4 members (excludes halogenated alkanes) is 1. The van der Waals surface area contributed by atoms with Gasteiger partial charge in [-0.1, -0.05) is 6.92 Å². The zero-order valence-corrected chi connectivity index (χ0v) is 9.42. The number of amides is 1. The molecule has 0 radical (unpaired) electrons. The molecule has 0 aliphatic rings. The topological polar surface area (TPSA) is 23.6 Å². The first-order valence-electron chi connectivity index (χ1n) is 4.97.